The van der Waals surface area contributed by atoms with E-state index in [1.807, 2.05) is 42.5 Å². The zero-order valence-corrected chi connectivity index (χ0v) is 13.2. The van der Waals surface area contributed by atoms with Crippen LogP contribution >= 0.6 is 0 Å². The third-order valence-corrected chi connectivity index (χ3v) is 4.44. The largest absolute Gasteiger partial charge is 0.497 e. The van der Waals surface area contributed by atoms with E-state index >= 15 is 0 Å². The van der Waals surface area contributed by atoms with Crippen molar-refractivity contribution < 1.29 is 14.6 Å². The highest BCUT2D eigenvalue weighted by molar-refractivity contribution is 5.82. The average Bonchev–Trinajstić information content (AvgIpc) is 3.11. The maximum atomic E-state index is 12.5. The van der Waals surface area contributed by atoms with Gasteiger partial charge in [0, 0.05) is 19.0 Å². The molecule has 1 N–H and O–H groups in total. The van der Waals surface area contributed by atoms with E-state index in [4.69, 9.17) is 4.74 Å². The molecule has 4 heteroatoms. The summed E-state index contributed by atoms with van der Waals surface area (Å²) in [7, 11) is 1.65. The summed E-state index contributed by atoms with van der Waals surface area (Å²) in [4.78, 5) is 14.2. The number of aliphatic hydroxyl groups excluding tert-OH is 1. The summed E-state index contributed by atoms with van der Waals surface area (Å²) >= 11 is 0. The van der Waals surface area contributed by atoms with Crippen molar-refractivity contribution in [3.63, 3.8) is 0 Å². The van der Waals surface area contributed by atoms with Crippen LogP contribution in [0.2, 0.25) is 0 Å². The molecular formula is C19H21NO3. The predicted molar refractivity (Wildman–Crippen MR) is 88.3 cm³/mol. The molecule has 2 atom stereocenters. The molecule has 1 aliphatic heterocycles. The first-order valence-corrected chi connectivity index (χ1v) is 7.85. The average molecular weight is 311 g/mol. The number of amides is 1. The van der Waals surface area contributed by atoms with Crippen molar-refractivity contribution in [1.29, 1.82) is 0 Å². The summed E-state index contributed by atoms with van der Waals surface area (Å²) < 4.78 is 5.17. The van der Waals surface area contributed by atoms with Crippen molar-refractivity contribution in [2.24, 2.45) is 0 Å². The number of carbonyl (C=O) groups is 1. The minimum atomic E-state index is -1.08. The number of nitrogens with zero attached hydrogens (tertiary/aromatic N) is 1. The van der Waals surface area contributed by atoms with Gasteiger partial charge in [-0.3, -0.25) is 4.79 Å². The molecular weight excluding hydrogens is 290 g/mol. The van der Waals surface area contributed by atoms with Crippen LogP contribution in [0, 0.1) is 0 Å². The number of benzene rings is 2. The Morgan fingerprint density at radius 1 is 1.17 bits per heavy atom. The third-order valence-electron chi connectivity index (χ3n) is 4.44. The van der Waals surface area contributed by atoms with Crippen LogP contribution in [-0.2, 0) is 4.79 Å². The third kappa shape index (κ3) is 3.37. The van der Waals surface area contributed by atoms with E-state index in [2.05, 4.69) is 0 Å². The summed E-state index contributed by atoms with van der Waals surface area (Å²) in [6.07, 6.45) is -0.162. The minimum absolute atomic E-state index is 0.216. The van der Waals surface area contributed by atoms with Gasteiger partial charge in [0.05, 0.1) is 7.11 Å². The molecule has 1 amide bonds. The molecule has 4 nitrogen and oxygen atoms in total. The molecule has 2 aromatic carbocycles. The number of likely N-dealkylation sites (tertiary alicyclic amines) is 1. The highest BCUT2D eigenvalue weighted by Crippen LogP contribution is 2.30. The second kappa shape index (κ2) is 6.84. The number of rotatable bonds is 4. The van der Waals surface area contributed by atoms with Crippen molar-refractivity contribution in [2.75, 3.05) is 20.2 Å². The number of hydrogen-bond acceptors (Lipinski definition) is 3. The maximum absolute atomic E-state index is 12.5. The Kier molecular flexibility index (Phi) is 4.63. The molecule has 1 heterocycles. The van der Waals surface area contributed by atoms with Gasteiger partial charge in [0.2, 0.25) is 0 Å². The summed E-state index contributed by atoms with van der Waals surface area (Å²) in [5.74, 6) is 0.930. The molecule has 3 rings (SSSR count). The molecule has 23 heavy (non-hydrogen) atoms. The maximum Gasteiger partial charge on any atom is 0.256 e. The molecule has 1 saturated heterocycles. The van der Waals surface area contributed by atoms with Crippen molar-refractivity contribution in [3.05, 3.63) is 65.7 Å². The van der Waals surface area contributed by atoms with Crippen molar-refractivity contribution >= 4 is 5.91 Å². The van der Waals surface area contributed by atoms with Gasteiger partial charge in [-0.1, -0.05) is 42.5 Å². The fourth-order valence-corrected chi connectivity index (χ4v) is 3.06. The Morgan fingerprint density at radius 3 is 2.52 bits per heavy atom. The van der Waals surface area contributed by atoms with Gasteiger partial charge in [-0.2, -0.15) is 0 Å². The van der Waals surface area contributed by atoms with Crippen LogP contribution in [0.3, 0.4) is 0 Å². The number of aliphatic hydroxyl groups is 1. The summed E-state index contributed by atoms with van der Waals surface area (Å²) in [5.41, 5.74) is 1.85. The van der Waals surface area contributed by atoms with Crippen molar-refractivity contribution in [1.82, 2.24) is 4.90 Å². The topological polar surface area (TPSA) is 49.8 Å². The second-order valence-corrected chi connectivity index (χ2v) is 5.86. The smallest absolute Gasteiger partial charge is 0.256 e. The Hall–Kier alpha value is -2.33. The molecule has 2 unspecified atom stereocenters. The lowest BCUT2D eigenvalue weighted by molar-refractivity contribution is -0.139. The lowest BCUT2D eigenvalue weighted by Crippen LogP contribution is -2.33. The molecule has 1 aliphatic rings. The molecule has 1 fully saturated rings. The number of hydrogen-bond donors (Lipinski definition) is 1. The number of methoxy groups -OCH3 is 1. The van der Waals surface area contributed by atoms with Gasteiger partial charge < -0.3 is 14.7 Å². The van der Waals surface area contributed by atoms with Crippen LogP contribution in [0.5, 0.6) is 5.75 Å². The highest BCUT2D eigenvalue weighted by atomic mass is 16.5. The van der Waals surface area contributed by atoms with Gasteiger partial charge in [-0.15, -0.1) is 0 Å². The zero-order valence-electron chi connectivity index (χ0n) is 13.2. The molecule has 0 saturated carbocycles. The van der Waals surface area contributed by atoms with Gasteiger partial charge in [-0.25, -0.2) is 0 Å². The van der Waals surface area contributed by atoms with Crippen LogP contribution < -0.4 is 4.74 Å². The van der Waals surface area contributed by atoms with Gasteiger partial charge in [0.15, 0.2) is 6.10 Å². The predicted octanol–water partition coefficient (Wildman–Crippen LogP) is 2.74. The Balaban J connectivity index is 1.65. The first-order valence-electron chi connectivity index (χ1n) is 7.85. The molecule has 0 radical (unpaired) electrons. The first-order chi connectivity index (χ1) is 11.2. The van der Waals surface area contributed by atoms with Gasteiger partial charge in [0.1, 0.15) is 5.75 Å². The lowest BCUT2D eigenvalue weighted by Gasteiger charge is -2.20. The fourth-order valence-electron chi connectivity index (χ4n) is 3.06. The lowest BCUT2D eigenvalue weighted by atomic mass is 9.98. The minimum Gasteiger partial charge on any atom is -0.497 e. The van der Waals surface area contributed by atoms with Gasteiger partial charge in [0.25, 0.3) is 5.91 Å². The Labute approximate surface area is 136 Å². The summed E-state index contributed by atoms with van der Waals surface area (Å²) in [6.45, 7) is 1.33. The number of ether oxygens (including phenoxy) is 1. The quantitative estimate of drug-likeness (QED) is 0.944. The van der Waals surface area contributed by atoms with Gasteiger partial charge >= 0.3 is 0 Å². The molecule has 120 valence electrons. The molecule has 0 bridgehead atoms. The Morgan fingerprint density at radius 2 is 1.87 bits per heavy atom. The fraction of sp³-hybridized carbons (Fsp3) is 0.316. The van der Waals surface area contributed by atoms with E-state index in [1.165, 1.54) is 5.56 Å². The van der Waals surface area contributed by atoms with Crippen LogP contribution in [0.15, 0.2) is 54.6 Å². The SMILES string of the molecule is COc1ccc(C2CCN(C(=O)C(O)c3ccccc3)C2)cc1. The normalized spacial score (nSPS) is 18.7. The Bertz CT molecular complexity index is 654. The van der Waals surface area contributed by atoms with Crippen LogP contribution in [0.4, 0.5) is 0 Å². The van der Waals surface area contributed by atoms with Crippen LogP contribution in [0.1, 0.15) is 29.6 Å². The van der Waals surface area contributed by atoms with E-state index in [9.17, 15) is 9.90 Å². The van der Waals surface area contributed by atoms with Crippen LogP contribution in [-0.4, -0.2) is 36.1 Å². The van der Waals surface area contributed by atoms with E-state index in [0.29, 0.717) is 24.6 Å². The van der Waals surface area contributed by atoms with Crippen LogP contribution in [0.25, 0.3) is 0 Å². The van der Waals surface area contributed by atoms with E-state index < -0.39 is 6.10 Å². The first kappa shape index (κ1) is 15.6. The summed E-state index contributed by atoms with van der Waals surface area (Å²) in [5, 5.41) is 10.3. The number of carbonyl (C=O) groups excluding carboxylic acids is 1. The summed E-state index contributed by atoms with van der Waals surface area (Å²) in [6, 6.07) is 17.1. The van der Waals surface area contributed by atoms with Gasteiger partial charge in [-0.05, 0) is 29.7 Å². The molecule has 2 aromatic rings. The monoisotopic (exact) mass is 311 g/mol. The highest BCUT2D eigenvalue weighted by Gasteiger charge is 2.31. The van der Waals surface area contributed by atoms with Crippen molar-refractivity contribution in [3.8, 4) is 5.75 Å². The van der Waals surface area contributed by atoms with E-state index in [1.54, 1.807) is 24.1 Å². The van der Waals surface area contributed by atoms with E-state index in [0.717, 1.165) is 12.2 Å². The zero-order chi connectivity index (χ0) is 16.2. The second-order valence-electron chi connectivity index (χ2n) is 5.86. The van der Waals surface area contributed by atoms with E-state index in [-0.39, 0.29) is 5.91 Å². The standard InChI is InChI=1S/C19H21NO3/c1-23-17-9-7-14(8-10-17)16-11-12-20(13-16)19(22)18(21)15-5-3-2-4-6-15/h2-10,16,18,21H,11-13H2,1H3. The molecule has 0 spiro atoms. The van der Waals surface area contributed by atoms with Crippen molar-refractivity contribution in [2.45, 2.75) is 18.4 Å². The molecule has 0 aliphatic carbocycles. The molecule has 0 aromatic heterocycles.